The summed E-state index contributed by atoms with van der Waals surface area (Å²) in [6.07, 6.45) is 5.04. The van der Waals surface area contributed by atoms with Crippen LogP contribution in [0.1, 0.15) is 27.9 Å². The molecule has 0 fully saturated rings. The average molecular weight is 500 g/mol. The van der Waals surface area contributed by atoms with Gasteiger partial charge >= 0.3 is 5.97 Å². The van der Waals surface area contributed by atoms with Gasteiger partial charge in [-0.1, -0.05) is 30.3 Å². The molecule has 0 saturated carbocycles. The summed E-state index contributed by atoms with van der Waals surface area (Å²) in [5.74, 6) is -0.301. The first-order valence-corrected chi connectivity index (χ1v) is 12.5. The maximum Gasteiger partial charge on any atom is 0.341 e. The number of thiophene rings is 1. The molecule has 0 radical (unpaired) electrons. The summed E-state index contributed by atoms with van der Waals surface area (Å²) in [4.78, 5) is 25.4. The van der Waals surface area contributed by atoms with Crippen LogP contribution in [0.3, 0.4) is 0 Å². The van der Waals surface area contributed by atoms with Crippen molar-refractivity contribution in [1.29, 1.82) is 0 Å². The third kappa shape index (κ3) is 4.83. The molecule has 4 aromatic rings. The maximum absolute atomic E-state index is 13.2. The largest absolute Gasteiger partial charge is 0.496 e. The van der Waals surface area contributed by atoms with E-state index in [0.29, 0.717) is 22.6 Å². The molecular formula is C29H25NO5S. The summed E-state index contributed by atoms with van der Waals surface area (Å²) in [6, 6.07) is 19.5. The number of anilines is 1. The van der Waals surface area contributed by atoms with Crippen molar-refractivity contribution in [1.82, 2.24) is 0 Å². The number of nitrogens with one attached hydrogen (secondary N) is 1. The fraction of sp³-hybridized carbons (Fsp3) is 0.172. The molecule has 2 heterocycles. The quantitative estimate of drug-likeness (QED) is 0.219. The summed E-state index contributed by atoms with van der Waals surface area (Å²) in [5, 5.41) is 13.6. The summed E-state index contributed by atoms with van der Waals surface area (Å²) in [5.41, 5.74) is 4.14. The minimum absolute atomic E-state index is 0.112. The van der Waals surface area contributed by atoms with Crippen LogP contribution in [0.15, 0.2) is 66.7 Å². The molecule has 0 amide bonds. The standard InChI is InChI=1S/C29H25NO5S/c1-34-26-16-25(35-17-29(32)33)18(14-22(26)28-15-19-6-2-3-10-27(19)36-28)11-12-24(31)21-7-4-9-23-20(21)8-5-13-30-23/h2-4,6-7,9-12,14-16,30H,5,8,13,17H2,1H3,(H,32,33)/b12-11+. The van der Waals surface area contributed by atoms with E-state index in [0.717, 1.165) is 51.2 Å². The zero-order valence-corrected chi connectivity index (χ0v) is 20.6. The molecule has 0 aliphatic carbocycles. The van der Waals surface area contributed by atoms with Crippen molar-refractivity contribution >= 4 is 44.9 Å². The zero-order chi connectivity index (χ0) is 25.1. The van der Waals surface area contributed by atoms with Crippen LogP contribution < -0.4 is 14.8 Å². The van der Waals surface area contributed by atoms with Crippen LogP contribution >= 0.6 is 11.3 Å². The number of carboxylic acid groups (broad SMARTS) is 1. The molecule has 7 heteroatoms. The van der Waals surface area contributed by atoms with Gasteiger partial charge in [0.1, 0.15) is 11.5 Å². The van der Waals surface area contributed by atoms with E-state index in [1.54, 1.807) is 30.6 Å². The number of hydrogen-bond donors (Lipinski definition) is 2. The molecule has 0 saturated heterocycles. The second kappa shape index (κ2) is 10.3. The SMILES string of the molecule is COc1cc(OCC(=O)O)c(/C=C/C(=O)c2cccc3c2CCCN3)cc1-c1cc2ccccc2s1. The third-order valence-electron chi connectivity index (χ3n) is 6.15. The molecule has 2 N–H and O–H groups in total. The van der Waals surface area contributed by atoms with Gasteiger partial charge in [0.05, 0.1) is 7.11 Å². The number of allylic oxidation sites excluding steroid dienone is 1. The van der Waals surface area contributed by atoms with E-state index < -0.39 is 12.6 Å². The normalized spacial score (nSPS) is 12.8. The highest BCUT2D eigenvalue weighted by Crippen LogP contribution is 2.42. The van der Waals surface area contributed by atoms with Crippen LogP contribution in [0.2, 0.25) is 0 Å². The Morgan fingerprint density at radius 1 is 1.08 bits per heavy atom. The topological polar surface area (TPSA) is 84.9 Å². The number of fused-ring (bicyclic) bond motifs is 2. The maximum atomic E-state index is 13.2. The number of carbonyl (C=O) groups excluding carboxylic acids is 1. The molecule has 3 aromatic carbocycles. The second-order valence-electron chi connectivity index (χ2n) is 8.48. The lowest BCUT2D eigenvalue weighted by atomic mass is 9.94. The van der Waals surface area contributed by atoms with E-state index in [1.165, 1.54) is 6.08 Å². The number of benzene rings is 3. The Balaban J connectivity index is 1.55. The van der Waals surface area contributed by atoms with Crippen LogP contribution in [0.4, 0.5) is 5.69 Å². The van der Waals surface area contributed by atoms with Gasteiger partial charge in [0.2, 0.25) is 0 Å². The Bertz CT molecular complexity index is 1450. The van der Waals surface area contributed by atoms with Crippen LogP contribution in [0.5, 0.6) is 11.5 Å². The predicted octanol–water partition coefficient (Wildman–Crippen LogP) is 6.29. The molecule has 0 atom stereocenters. The highest BCUT2D eigenvalue weighted by atomic mass is 32.1. The first-order chi connectivity index (χ1) is 17.5. The summed E-state index contributed by atoms with van der Waals surface area (Å²) in [7, 11) is 1.57. The fourth-order valence-corrected chi connectivity index (χ4v) is 5.53. The minimum atomic E-state index is -1.09. The van der Waals surface area contributed by atoms with Gasteiger partial charge in [-0.2, -0.15) is 0 Å². The third-order valence-corrected chi connectivity index (χ3v) is 7.30. The van der Waals surface area contributed by atoms with Crippen molar-refractivity contribution in [3.63, 3.8) is 0 Å². The predicted molar refractivity (Wildman–Crippen MR) is 144 cm³/mol. The van der Waals surface area contributed by atoms with Crippen molar-refractivity contribution < 1.29 is 24.2 Å². The first-order valence-electron chi connectivity index (χ1n) is 11.7. The molecule has 36 heavy (non-hydrogen) atoms. The number of hydrogen-bond acceptors (Lipinski definition) is 6. The van der Waals surface area contributed by atoms with E-state index in [2.05, 4.69) is 23.5 Å². The van der Waals surface area contributed by atoms with Gasteiger partial charge < -0.3 is 19.9 Å². The van der Waals surface area contributed by atoms with Gasteiger partial charge in [-0.3, -0.25) is 4.79 Å². The lowest BCUT2D eigenvalue weighted by Gasteiger charge is -2.19. The second-order valence-corrected chi connectivity index (χ2v) is 9.56. The van der Waals surface area contributed by atoms with Crippen molar-refractivity contribution in [3.8, 4) is 21.9 Å². The van der Waals surface area contributed by atoms with Crippen LogP contribution in [-0.2, 0) is 11.2 Å². The van der Waals surface area contributed by atoms with Gasteiger partial charge in [-0.05, 0) is 60.2 Å². The first kappa shape index (κ1) is 23.6. The average Bonchev–Trinajstić information content (AvgIpc) is 3.34. The minimum Gasteiger partial charge on any atom is -0.496 e. The van der Waals surface area contributed by atoms with Crippen molar-refractivity contribution in [2.75, 3.05) is 25.6 Å². The summed E-state index contributed by atoms with van der Waals surface area (Å²) < 4.78 is 12.4. The smallest absolute Gasteiger partial charge is 0.341 e. The summed E-state index contributed by atoms with van der Waals surface area (Å²) >= 11 is 1.64. The molecule has 0 unspecified atom stereocenters. The van der Waals surface area contributed by atoms with Crippen molar-refractivity contribution in [2.45, 2.75) is 12.8 Å². The van der Waals surface area contributed by atoms with Crippen molar-refractivity contribution in [3.05, 3.63) is 83.4 Å². The lowest BCUT2D eigenvalue weighted by molar-refractivity contribution is -0.139. The van der Waals surface area contributed by atoms with E-state index in [9.17, 15) is 9.59 Å². The Morgan fingerprint density at radius 2 is 1.94 bits per heavy atom. The highest BCUT2D eigenvalue weighted by molar-refractivity contribution is 7.22. The number of methoxy groups -OCH3 is 1. The van der Waals surface area contributed by atoms with E-state index in [1.807, 2.05) is 36.4 Å². The van der Waals surface area contributed by atoms with E-state index in [4.69, 9.17) is 14.6 Å². The molecule has 0 bridgehead atoms. The molecule has 0 spiro atoms. The number of aliphatic carboxylic acids is 1. The molecule has 1 aromatic heterocycles. The molecule has 182 valence electrons. The monoisotopic (exact) mass is 499 g/mol. The van der Waals surface area contributed by atoms with Crippen LogP contribution in [0.25, 0.3) is 26.6 Å². The number of carbonyl (C=O) groups is 2. The fourth-order valence-electron chi connectivity index (χ4n) is 4.44. The van der Waals surface area contributed by atoms with Gasteiger partial charge in [-0.25, -0.2) is 4.79 Å². The number of rotatable bonds is 8. The molecule has 6 nitrogen and oxygen atoms in total. The Kier molecular flexibility index (Phi) is 6.73. The summed E-state index contributed by atoms with van der Waals surface area (Å²) in [6.45, 7) is 0.398. The van der Waals surface area contributed by atoms with Gasteiger partial charge in [-0.15, -0.1) is 11.3 Å². The highest BCUT2D eigenvalue weighted by Gasteiger charge is 2.18. The van der Waals surface area contributed by atoms with Gasteiger partial charge in [0.15, 0.2) is 12.4 Å². The van der Waals surface area contributed by atoms with Gasteiger partial charge in [0, 0.05) is 44.6 Å². The van der Waals surface area contributed by atoms with Gasteiger partial charge in [0.25, 0.3) is 0 Å². The lowest BCUT2D eigenvalue weighted by Crippen LogP contribution is -2.14. The number of ketones is 1. The Hall–Kier alpha value is -4.10. The Morgan fingerprint density at radius 3 is 2.75 bits per heavy atom. The molecule has 1 aliphatic rings. The van der Waals surface area contributed by atoms with E-state index >= 15 is 0 Å². The Labute approximate surface area is 212 Å². The molecule has 1 aliphatic heterocycles. The number of ether oxygens (including phenoxy) is 2. The van der Waals surface area contributed by atoms with Crippen molar-refractivity contribution in [2.24, 2.45) is 0 Å². The zero-order valence-electron chi connectivity index (χ0n) is 19.7. The van der Waals surface area contributed by atoms with Crippen LogP contribution in [-0.4, -0.2) is 37.1 Å². The van der Waals surface area contributed by atoms with E-state index in [-0.39, 0.29) is 5.78 Å². The molecular weight excluding hydrogens is 474 g/mol. The van der Waals surface area contributed by atoms with Crippen LogP contribution in [0, 0.1) is 0 Å². The molecule has 5 rings (SSSR count). The number of carboxylic acids is 1.